The molecular weight excluding hydrogens is 378 g/mol. The molecule has 1 aliphatic heterocycles. The second kappa shape index (κ2) is 8.66. The van der Waals surface area contributed by atoms with Gasteiger partial charge >= 0.3 is 5.97 Å². The van der Waals surface area contributed by atoms with E-state index in [1.54, 1.807) is 29.2 Å². The van der Waals surface area contributed by atoms with Crippen molar-refractivity contribution < 1.29 is 19.1 Å². The summed E-state index contributed by atoms with van der Waals surface area (Å²) >= 11 is 0. The highest BCUT2D eigenvalue weighted by atomic mass is 16.5. The van der Waals surface area contributed by atoms with Crippen molar-refractivity contribution in [2.24, 2.45) is 0 Å². The van der Waals surface area contributed by atoms with Crippen molar-refractivity contribution in [1.29, 1.82) is 0 Å². The van der Waals surface area contributed by atoms with Crippen LogP contribution in [-0.2, 0) is 16.1 Å². The van der Waals surface area contributed by atoms with Crippen LogP contribution in [0.15, 0.2) is 84.9 Å². The Kier molecular flexibility index (Phi) is 5.61. The van der Waals surface area contributed by atoms with Crippen LogP contribution in [0.2, 0.25) is 0 Å². The first kappa shape index (κ1) is 19.5. The smallest absolute Gasteiger partial charge is 0.330 e. The van der Waals surface area contributed by atoms with E-state index < -0.39 is 12.2 Å². The van der Waals surface area contributed by atoms with E-state index in [1.807, 2.05) is 60.7 Å². The molecule has 0 spiro atoms. The molecule has 30 heavy (non-hydrogen) atoms. The van der Waals surface area contributed by atoms with Crippen LogP contribution >= 0.6 is 0 Å². The largest absolute Gasteiger partial charge is 0.466 e. The molecule has 3 aromatic carbocycles. The van der Waals surface area contributed by atoms with Crippen molar-refractivity contribution >= 4 is 18.0 Å². The SMILES string of the molecule is COC(=O)/C=C/c1ccc2c(c1)C(=O)N(Cc1ccccc1)C(c1ccccc1)O2. The fourth-order valence-electron chi connectivity index (χ4n) is 3.40. The third-order valence-electron chi connectivity index (χ3n) is 4.91. The normalized spacial score (nSPS) is 15.6. The number of carbonyl (C=O) groups is 2. The molecule has 4 rings (SSSR count). The molecule has 5 nitrogen and oxygen atoms in total. The van der Waals surface area contributed by atoms with Crippen LogP contribution in [0.25, 0.3) is 6.08 Å². The summed E-state index contributed by atoms with van der Waals surface area (Å²) in [5, 5.41) is 0. The number of fused-ring (bicyclic) bond motifs is 1. The molecule has 0 aromatic heterocycles. The van der Waals surface area contributed by atoms with Crippen molar-refractivity contribution in [3.8, 4) is 5.75 Å². The topological polar surface area (TPSA) is 55.8 Å². The van der Waals surface area contributed by atoms with Crippen molar-refractivity contribution in [1.82, 2.24) is 4.90 Å². The van der Waals surface area contributed by atoms with Crippen LogP contribution < -0.4 is 4.74 Å². The average Bonchev–Trinajstić information content (AvgIpc) is 2.80. The van der Waals surface area contributed by atoms with Crippen molar-refractivity contribution in [3.63, 3.8) is 0 Å². The van der Waals surface area contributed by atoms with Gasteiger partial charge in [0.25, 0.3) is 5.91 Å². The minimum Gasteiger partial charge on any atom is -0.466 e. The van der Waals surface area contributed by atoms with Gasteiger partial charge in [-0.05, 0) is 29.3 Å². The number of rotatable bonds is 5. The van der Waals surface area contributed by atoms with Gasteiger partial charge in [0.1, 0.15) is 5.75 Å². The summed E-state index contributed by atoms with van der Waals surface area (Å²) in [6.45, 7) is 0.418. The van der Waals surface area contributed by atoms with Gasteiger partial charge in [0.2, 0.25) is 6.23 Å². The molecular formula is C25H21NO4. The maximum atomic E-state index is 13.5. The van der Waals surface area contributed by atoms with Gasteiger partial charge in [-0.15, -0.1) is 0 Å². The zero-order valence-electron chi connectivity index (χ0n) is 16.5. The number of methoxy groups -OCH3 is 1. The van der Waals surface area contributed by atoms with Crippen LogP contribution in [0, 0.1) is 0 Å². The van der Waals surface area contributed by atoms with Crippen molar-refractivity contribution in [2.75, 3.05) is 7.11 Å². The molecule has 0 saturated heterocycles. The number of hydrogen-bond acceptors (Lipinski definition) is 4. The van der Waals surface area contributed by atoms with Gasteiger partial charge in [0, 0.05) is 18.2 Å². The Hall–Kier alpha value is -3.86. The standard InChI is InChI=1S/C25H21NO4/c1-29-23(27)15-13-18-12-14-22-21(16-18)24(28)26(17-19-8-4-2-5-9-19)25(30-22)20-10-6-3-7-11-20/h2-16,25H,17H2,1H3/b15-13+. The highest BCUT2D eigenvalue weighted by Crippen LogP contribution is 2.36. The van der Waals surface area contributed by atoms with E-state index >= 15 is 0 Å². The number of hydrogen-bond donors (Lipinski definition) is 0. The van der Waals surface area contributed by atoms with Gasteiger partial charge in [0.15, 0.2) is 0 Å². The molecule has 1 unspecified atom stereocenters. The molecule has 0 bridgehead atoms. The summed E-state index contributed by atoms with van der Waals surface area (Å²) in [7, 11) is 1.32. The summed E-state index contributed by atoms with van der Waals surface area (Å²) < 4.78 is 10.9. The average molecular weight is 399 g/mol. The molecule has 0 saturated carbocycles. The Labute approximate surface area is 175 Å². The first-order valence-electron chi connectivity index (χ1n) is 9.62. The number of carbonyl (C=O) groups excluding carboxylic acids is 2. The number of amides is 1. The lowest BCUT2D eigenvalue weighted by Gasteiger charge is -2.37. The van der Waals surface area contributed by atoms with Crippen LogP contribution in [0.4, 0.5) is 0 Å². The third-order valence-corrected chi connectivity index (χ3v) is 4.91. The Morgan fingerprint density at radius 1 is 1.03 bits per heavy atom. The highest BCUT2D eigenvalue weighted by molar-refractivity contribution is 5.99. The predicted molar refractivity (Wildman–Crippen MR) is 114 cm³/mol. The predicted octanol–water partition coefficient (Wildman–Crippen LogP) is 4.61. The lowest BCUT2D eigenvalue weighted by Crippen LogP contribution is -2.41. The molecule has 5 heteroatoms. The summed E-state index contributed by atoms with van der Waals surface area (Å²) in [6, 6.07) is 24.8. The van der Waals surface area contributed by atoms with Crippen LogP contribution in [-0.4, -0.2) is 23.9 Å². The minimum absolute atomic E-state index is 0.123. The minimum atomic E-state index is -0.525. The molecule has 0 aliphatic carbocycles. The second-order valence-electron chi connectivity index (χ2n) is 6.91. The summed E-state index contributed by atoms with van der Waals surface area (Å²) in [6.07, 6.45) is 2.41. The fourth-order valence-corrected chi connectivity index (χ4v) is 3.40. The van der Waals surface area contributed by atoms with E-state index in [-0.39, 0.29) is 5.91 Å². The molecule has 150 valence electrons. The van der Waals surface area contributed by atoms with Gasteiger partial charge in [0.05, 0.1) is 12.7 Å². The summed E-state index contributed by atoms with van der Waals surface area (Å²) in [5.41, 5.74) is 3.10. The van der Waals surface area contributed by atoms with Gasteiger partial charge in [-0.25, -0.2) is 4.79 Å². The molecule has 1 heterocycles. The van der Waals surface area contributed by atoms with E-state index in [0.29, 0.717) is 23.4 Å². The number of ether oxygens (including phenoxy) is 2. The third kappa shape index (κ3) is 4.10. The maximum Gasteiger partial charge on any atom is 0.330 e. The number of esters is 1. The molecule has 0 N–H and O–H groups in total. The Morgan fingerprint density at radius 2 is 1.73 bits per heavy atom. The molecule has 1 aliphatic rings. The monoisotopic (exact) mass is 399 g/mol. The van der Waals surface area contributed by atoms with Gasteiger partial charge in [-0.2, -0.15) is 0 Å². The van der Waals surface area contributed by atoms with E-state index in [4.69, 9.17) is 4.74 Å². The lowest BCUT2D eigenvalue weighted by molar-refractivity contribution is -0.134. The number of nitrogens with zero attached hydrogens (tertiary/aromatic N) is 1. The summed E-state index contributed by atoms with van der Waals surface area (Å²) in [5.74, 6) is -0.0548. The van der Waals surface area contributed by atoms with E-state index in [2.05, 4.69) is 4.74 Å². The van der Waals surface area contributed by atoms with Crippen molar-refractivity contribution in [3.05, 3.63) is 107 Å². The molecule has 0 radical (unpaired) electrons. The highest BCUT2D eigenvalue weighted by Gasteiger charge is 2.35. The van der Waals surface area contributed by atoms with Crippen LogP contribution in [0.5, 0.6) is 5.75 Å². The van der Waals surface area contributed by atoms with Crippen LogP contribution in [0.1, 0.15) is 33.3 Å². The van der Waals surface area contributed by atoms with E-state index in [0.717, 1.165) is 11.1 Å². The lowest BCUT2D eigenvalue weighted by atomic mass is 10.0. The Balaban J connectivity index is 1.71. The van der Waals surface area contributed by atoms with Crippen molar-refractivity contribution in [2.45, 2.75) is 12.8 Å². The first-order valence-corrected chi connectivity index (χ1v) is 9.62. The zero-order valence-corrected chi connectivity index (χ0v) is 16.5. The zero-order chi connectivity index (χ0) is 20.9. The maximum absolute atomic E-state index is 13.5. The van der Waals surface area contributed by atoms with Gasteiger partial charge in [-0.3, -0.25) is 9.69 Å². The molecule has 0 fully saturated rings. The van der Waals surface area contributed by atoms with Gasteiger partial charge < -0.3 is 9.47 Å². The molecule has 1 atom stereocenters. The number of benzene rings is 3. The Bertz CT molecular complexity index is 1080. The van der Waals surface area contributed by atoms with Crippen LogP contribution in [0.3, 0.4) is 0 Å². The fraction of sp³-hybridized carbons (Fsp3) is 0.120. The van der Waals surface area contributed by atoms with E-state index in [1.165, 1.54) is 13.2 Å². The Morgan fingerprint density at radius 3 is 2.43 bits per heavy atom. The molecule has 3 aromatic rings. The molecule has 1 amide bonds. The quantitative estimate of drug-likeness (QED) is 0.465. The van der Waals surface area contributed by atoms with Gasteiger partial charge in [-0.1, -0.05) is 66.7 Å². The van der Waals surface area contributed by atoms with E-state index in [9.17, 15) is 9.59 Å². The second-order valence-corrected chi connectivity index (χ2v) is 6.91. The summed E-state index contributed by atoms with van der Waals surface area (Å²) in [4.78, 5) is 26.6. The first-order chi connectivity index (χ1) is 14.7.